The number of aliphatic hydroxyl groups is 1. The summed E-state index contributed by atoms with van der Waals surface area (Å²) in [6, 6.07) is -0.757. The Kier molecular flexibility index (Phi) is 7.06. The quantitative estimate of drug-likeness (QED) is 0.500. The number of aliphatic carboxylic acids is 1. The van der Waals surface area contributed by atoms with Gasteiger partial charge in [-0.15, -0.1) is 0 Å². The van der Waals surface area contributed by atoms with Gasteiger partial charge in [0, 0.05) is 12.5 Å². The molecule has 1 saturated heterocycles. The fourth-order valence-electron chi connectivity index (χ4n) is 2.46. The summed E-state index contributed by atoms with van der Waals surface area (Å²) in [5.74, 6) is -2.76. The molecule has 7 nitrogen and oxygen atoms in total. The van der Waals surface area contributed by atoms with Gasteiger partial charge < -0.3 is 29.8 Å². The third kappa shape index (κ3) is 4.28. The smallest absolute Gasteiger partial charge is 0.545 e. The van der Waals surface area contributed by atoms with E-state index in [0.29, 0.717) is 0 Å². The van der Waals surface area contributed by atoms with Crippen LogP contribution in [0.4, 0.5) is 0 Å². The Bertz CT molecular complexity index is 450. The number of hydrogen-bond donors (Lipinski definition) is 2. The number of amides is 1. The van der Waals surface area contributed by atoms with E-state index in [1.165, 1.54) is 6.92 Å². The Hall–Kier alpha value is -0.440. The monoisotopic (exact) mass is 309 g/mol. The molecular weight excluding hydrogens is 289 g/mol. The van der Waals surface area contributed by atoms with Crippen molar-refractivity contribution in [1.82, 2.24) is 5.32 Å². The van der Waals surface area contributed by atoms with E-state index in [0.717, 1.165) is 6.08 Å². The number of carboxylic acid groups (broad SMARTS) is 1. The minimum absolute atomic E-state index is 0. The van der Waals surface area contributed by atoms with Crippen LogP contribution in [0.5, 0.6) is 0 Å². The maximum absolute atomic E-state index is 11.2. The SMILES string of the molecule is C.CC(=O)N[C@H]1[C@@H]2OC(C)(C)O[C@@H]2C(C(=O)[O-])=C[C@H]1O.[Na+]. The second kappa shape index (κ2) is 7.21. The Balaban J connectivity index is 0.00000200. The van der Waals surface area contributed by atoms with E-state index in [1.54, 1.807) is 13.8 Å². The third-order valence-corrected chi connectivity index (χ3v) is 3.11. The third-order valence-electron chi connectivity index (χ3n) is 3.11. The topological polar surface area (TPSA) is 108 Å². The van der Waals surface area contributed by atoms with Gasteiger partial charge in [0.15, 0.2) is 5.79 Å². The second-order valence-corrected chi connectivity index (χ2v) is 5.15. The van der Waals surface area contributed by atoms with Gasteiger partial charge in [-0.3, -0.25) is 4.79 Å². The predicted octanol–water partition coefficient (Wildman–Crippen LogP) is -4.30. The predicted molar refractivity (Wildman–Crippen MR) is 67.3 cm³/mol. The number of carboxylic acids is 1. The van der Waals surface area contributed by atoms with Crippen molar-refractivity contribution in [2.75, 3.05) is 0 Å². The standard InChI is InChI=1S/C12H17NO6.CH4.Na/c1-5(14)13-8-7(15)4-6(11(16)17)9-10(8)19-12(2,3)18-9;;/h4,7-10,15H,1-3H3,(H,13,14)(H,16,17);1H4;/q;;+1/p-1/t7-,8-,9-,10+;;/m1../s1. The summed E-state index contributed by atoms with van der Waals surface area (Å²) in [4.78, 5) is 22.2. The van der Waals surface area contributed by atoms with Gasteiger partial charge in [-0.05, 0) is 19.9 Å². The zero-order valence-corrected chi connectivity index (χ0v) is 13.9. The molecule has 2 rings (SSSR count). The molecule has 2 aliphatic rings. The average molecular weight is 309 g/mol. The Morgan fingerprint density at radius 3 is 2.43 bits per heavy atom. The van der Waals surface area contributed by atoms with E-state index in [-0.39, 0.29) is 48.5 Å². The van der Waals surface area contributed by atoms with Crippen molar-refractivity contribution in [3.63, 3.8) is 0 Å². The van der Waals surface area contributed by atoms with E-state index in [4.69, 9.17) is 9.47 Å². The molecule has 1 aliphatic carbocycles. The molecule has 0 aromatic heterocycles. The maximum Gasteiger partial charge on any atom is 1.00 e. The molecule has 0 bridgehead atoms. The average Bonchev–Trinajstić information content (AvgIpc) is 2.56. The number of hydrogen-bond acceptors (Lipinski definition) is 6. The number of ether oxygens (including phenoxy) is 2. The largest absolute Gasteiger partial charge is 1.00 e. The van der Waals surface area contributed by atoms with Crippen molar-refractivity contribution in [1.29, 1.82) is 0 Å². The molecule has 0 unspecified atom stereocenters. The van der Waals surface area contributed by atoms with E-state index in [1.807, 2.05) is 0 Å². The number of carbonyl (C=O) groups excluding carboxylic acids is 2. The van der Waals surface area contributed by atoms with Crippen LogP contribution in [0.3, 0.4) is 0 Å². The number of aliphatic hydroxyl groups excluding tert-OH is 1. The summed E-state index contributed by atoms with van der Waals surface area (Å²) >= 11 is 0. The van der Waals surface area contributed by atoms with Crippen molar-refractivity contribution in [3.8, 4) is 0 Å². The molecule has 1 heterocycles. The summed E-state index contributed by atoms with van der Waals surface area (Å²) in [6.07, 6.45) is -1.69. The van der Waals surface area contributed by atoms with Gasteiger partial charge in [-0.25, -0.2) is 0 Å². The summed E-state index contributed by atoms with van der Waals surface area (Å²) in [6.45, 7) is 4.57. The van der Waals surface area contributed by atoms with E-state index < -0.39 is 36.1 Å². The first kappa shape index (κ1) is 20.6. The van der Waals surface area contributed by atoms with Gasteiger partial charge >= 0.3 is 29.6 Å². The van der Waals surface area contributed by atoms with Crippen molar-refractivity contribution < 1.29 is 58.8 Å². The molecule has 1 aliphatic heterocycles. The Morgan fingerprint density at radius 2 is 1.95 bits per heavy atom. The normalized spacial score (nSPS) is 32.9. The van der Waals surface area contributed by atoms with Crippen molar-refractivity contribution >= 4 is 11.9 Å². The van der Waals surface area contributed by atoms with Gasteiger partial charge in [0.25, 0.3) is 0 Å². The molecule has 114 valence electrons. The van der Waals surface area contributed by atoms with Gasteiger partial charge in [-0.1, -0.05) is 7.43 Å². The fourth-order valence-corrected chi connectivity index (χ4v) is 2.46. The summed E-state index contributed by atoms with van der Waals surface area (Å²) in [5, 5.41) is 23.6. The zero-order valence-electron chi connectivity index (χ0n) is 11.9. The summed E-state index contributed by atoms with van der Waals surface area (Å²) < 4.78 is 11.1. The zero-order chi connectivity index (χ0) is 14.4. The van der Waals surface area contributed by atoms with Crippen LogP contribution in [0, 0.1) is 0 Å². The number of fused-ring (bicyclic) bond motifs is 1. The Labute approximate surface area is 146 Å². The number of rotatable bonds is 2. The van der Waals surface area contributed by atoms with Gasteiger partial charge in [0.05, 0.1) is 18.1 Å². The first-order chi connectivity index (χ1) is 8.71. The van der Waals surface area contributed by atoms with Crippen LogP contribution in [0.1, 0.15) is 28.2 Å². The Morgan fingerprint density at radius 1 is 1.38 bits per heavy atom. The van der Waals surface area contributed by atoms with E-state index >= 15 is 0 Å². The molecule has 0 saturated carbocycles. The van der Waals surface area contributed by atoms with Crippen LogP contribution in [0.2, 0.25) is 0 Å². The number of carbonyl (C=O) groups is 2. The minimum Gasteiger partial charge on any atom is -0.545 e. The maximum atomic E-state index is 11.2. The van der Waals surface area contributed by atoms with Crippen molar-refractivity contribution in [2.45, 2.75) is 58.3 Å². The minimum atomic E-state index is -1.42. The molecule has 4 atom stereocenters. The van der Waals surface area contributed by atoms with Gasteiger partial charge in [-0.2, -0.15) is 0 Å². The fraction of sp³-hybridized carbons (Fsp3) is 0.692. The molecular formula is C13H20NNaO6. The van der Waals surface area contributed by atoms with Crippen LogP contribution >= 0.6 is 0 Å². The number of nitrogens with one attached hydrogen (secondary N) is 1. The van der Waals surface area contributed by atoms with E-state index in [2.05, 4.69) is 5.32 Å². The van der Waals surface area contributed by atoms with Crippen LogP contribution in [-0.2, 0) is 19.1 Å². The van der Waals surface area contributed by atoms with Crippen LogP contribution in [-0.4, -0.2) is 47.1 Å². The van der Waals surface area contributed by atoms with Crippen LogP contribution in [0.15, 0.2) is 11.6 Å². The first-order valence-corrected chi connectivity index (χ1v) is 5.95. The molecule has 1 amide bonds. The summed E-state index contributed by atoms with van der Waals surface area (Å²) in [5.41, 5.74) is -0.162. The molecule has 0 spiro atoms. The molecule has 2 N–H and O–H groups in total. The van der Waals surface area contributed by atoms with Gasteiger partial charge in [0.2, 0.25) is 5.91 Å². The molecule has 0 radical (unpaired) electrons. The van der Waals surface area contributed by atoms with Crippen LogP contribution < -0.4 is 40.0 Å². The molecule has 1 fully saturated rings. The summed E-state index contributed by atoms with van der Waals surface area (Å²) in [7, 11) is 0. The molecule has 0 aromatic carbocycles. The van der Waals surface area contributed by atoms with Crippen molar-refractivity contribution in [3.05, 3.63) is 11.6 Å². The first-order valence-electron chi connectivity index (χ1n) is 5.95. The second-order valence-electron chi connectivity index (χ2n) is 5.15. The van der Waals surface area contributed by atoms with Crippen molar-refractivity contribution in [2.24, 2.45) is 0 Å². The van der Waals surface area contributed by atoms with E-state index in [9.17, 15) is 19.8 Å². The van der Waals surface area contributed by atoms with Gasteiger partial charge in [0.1, 0.15) is 12.2 Å². The molecule has 0 aromatic rings. The van der Waals surface area contributed by atoms with Crippen LogP contribution in [0.25, 0.3) is 0 Å². The molecule has 21 heavy (non-hydrogen) atoms. The molecule has 8 heteroatoms.